The van der Waals surface area contributed by atoms with Gasteiger partial charge in [-0.1, -0.05) is 6.07 Å². The maximum atomic E-state index is 12.4. The minimum Gasteiger partial charge on any atom is -0.450 e. The summed E-state index contributed by atoms with van der Waals surface area (Å²) >= 11 is 1.77. The third-order valence-corrected chi connectivity index (χ3v) is 5.94. The third-order valence-electron chi connectivity index (χ3n) is 4.97. The van der Waals surface area contributed by atoms with Crippen LogP contribution in [0.1, 0.15) is 43.5 Å². The maximum absolute atomic E-state index is 12.4. The number of nitrogens with zero attached hydrogens (tertiary/aromatic N) is 2. The van der Waals surface area contributed by atoms with Crippen LogP contribution in [0.4, 0.5) is 4.79 Å². The number of nitrogens with one attached hydrogen (secondary N) is 1. The Morgan fingerprint density at radius 1 is 1.28 bits per heavy atom. The molecule has 25 heavy (non-hydrogen) atoms. The smallest absolute Gasteiger partial charge is 0.409 e. The first kappa shape index (κ1) is 18.2. The van der Waals surface area contributed by atoms with Gasteiger partial charge in [0.1, 0.15) is 0 Å². The molecule has 1 aromatic rings. The molecule has 3 rings (SSSR count). The topological polar surface area (TPSA) is 61.9 Å². The van der Waals surface area contributed by atoms with Gasteiger partial charge in [0.15, 0.2) is 0 Å². The first-order valence-corrected chi connectivity index (χ1v) is 10.0. The van der Waals surface area contributed by atoms with Gasteiger partial charge in [0.2, 0.25) is 5.91 Å². The summed E-state index contributed by atoms with van der Waals surface area (Å²) in [5, 5.41) is 5.25. The molecule has 1 aromatic heterocycles. The van der Waals surface area contributed by atoms with Crippen molar-refractivity contribution in [2.75, 3.05) is 32.8 Å². The Balaban J connectivity index is 1.43. The number of likely N-dealkylation sites (tertiary alicyclic amines) is 2. The van der Waals surface area contributed by atoms with E-state index < -0.39 is 0 Å². The van der Waals surface area contributed by atoms with Crippen LogP contribution >= 0.6 is 11.3 Å². The monoisotopic (exact) mass is 365 g/mol. The molecule has 0 unspecified atom stereocenters. The molecule has 1 N–H and O–H groups in total. The average molecular weight is 365 g/mol. The molecule has 2 saturated heterocycles. The van der Waals surface area contributed by atoms with E-state index in [4.69, 9.17) is 4.74 Å². The largest absolute Gasteiger partial charge is 0.450 e. The van der Waals surface area contributed by atoms with E-state index >= 15 is 0 Å². The molecule has 0 spiro atoms. The number of hydrogen-bond donors (Lipinski definition) is 1. The predicted molar refractivity (Wildman–Crippen MR) is 97.6 cm³/mol. The molecule has 0 aliphatic carbocycles. The van der Waals surface area contributed by atoms with Crippen LogP contribution in [-0.2, 0) is 9.53 Å². The maximum Gasteiger partial charge on any atom is 0.409 e. The van der Waals surface area contributed by atoms with Gasteiger partial charge in [0.05, 0.1) is 13.2 Å². The lowest BCUT2D eigenvalue weighted by molar-refractivity contribution is -0.123. The van der Waals surface area contributed by atoms with Gasteiger partial charge in [-0.15, -0.1) is 11.3 Å². The molecule has 0 bridgehead atoms. The molecule has 6 nitrogen and oxygen atoms in total. The highest BCUT2D eigenvalue weighted by Crippen LogP contribution is 2.34. The number of carbonyl (C=O) groups is 2. The quantitative estimate of drug-likeness (QED) is 0.871. The van der Waals surface area contributed by atoms with E-state index in [0.717, 1.165) is 32.2 Å². The van der Waals surface area contributed by atoms with Gasteiger partial charge in [-0.2, -0.15) is 0 Å². The first-order chi connectivity index (χ1) is 12.2. The molecule has 0 saturated carbocycles. The molecule has 0 aromatic carbocycles. The molecular formula is C18H27N3O3S. The van der Waals surface area contributed by atoms with Gasteiger partial charge >= 0.3 is 6.09 Å². The van der Waals surface area contributed by atoms with Crippen LogP contribution in [-0.4, -0.2) is 60.6 Å². The fraction of sp³-hybridized carbons (Fsp3) is 0.667. The fourth-order valence-corrected chi connectivity index (χ4v) is 4.59. The molecule has 2 amide bonds. The van der Waals surface area contributed by atoms with Crippen LogP contribution in [0.25, 0.3) is 0 Å². The van der Waals surface area contributed by atoms with Crippen molar-refractivity contribution in [3.63, 3.8) is 0 Å². The summed E-state index contributed by atoms with van der Waals surface area (Å²) in [4.78, 5) is 29.5. The standard InChI is InChI=1S/C18H27N3O3S/c1-2-24-18(23)20-10-7-14(8-11-20)19-17(22)13-21-9-3-5-15(21)16-6-4-12-25-16/h4,6,12,14-15H,2-3,5,7-11,13H2,1H3,(H,19,22)/t15-/m0/s1. The molecule has 2 aliphatic rings. The molecule has 7 heteroatoms. The number of ether oxygens (including phenoxy) is 1. The van der Waals surface area contributed by atoms with Crippen molar-refractivity contribution in [2.24, 2.45) is 0 Å². The molecule has 138 valence electrons. The minimum atomic E-state index is -0.247. The van der Waals surface area contributed by atoms with Crippen molar-refractivity contribution in [1.82, 2.24) is 15.1 Å². The SMILES string of the molecule is CCOC(=O)N1CCC(NC(=O)CN2CCC[C@H]2c2cccs2)CC1. The zero-order valence-corrected chi connectivity index (χ0v) is 15.6. The number of hydrogen-bond acceptors (Lipinski definition) is 5. The number of carbonyl (C=O) groups excluding carboxylic acids is 2. The van der Waals surface area contributed by atoms with Gasteiger partial charge in [-0.05, 0) is 50.6 Å². The van der Waals surface area contributed by atoms with Gasteiger partial charge < -0.3 is 15.0 Å². The molecule has 1 atom stereocenters. The Labute approximate surface area is 153 Å². The van der Waals surface area contributed by atoms with E-state index in [2.05, 4.69) is 27.7 Å². The molecule has 2 fully saturated rings. The normalized spacial score (nSPS) is 22.1. The van der Waals surface area contributed by atoms with Crippen molar-refractivity contribution in [3.05, 3.63) is 22.4 Å². The minimum absolute atomic E-state index is 0.0954. The summed E-state index contributed by atoms with van der Waals surface area (Å²) in [6.45, 7) is 4.94. The second kappa shape index (κ2) is 8.67. The summed E-state index contributed by atoms with van der Waals surface area (Å²) < 4.78 is 5.03. The lowest BCUT2D eigenvalue weighted by Gasteiger charge is -2.32. The van der Waals surface area contributed by atoms with E-state index in [1.165, 1.54) is 4.88 Å². The number of thiophene rings is 1. The van der Waals surface area contributed by atoms with Crippen LogP contribution < -0.4 is 5.32 Å². The van der Waals surface area contributed by atoms with Crippen molar-refractivity contribution < 1.29 is 14.3 Å². The lowest BCUT2D eigenvalue weighted by atomic mass is 10.1. The first-order valence-electron chi connectivity index (χ1n) is 9.16. The van der Waals surface area contributed by atoms with Crippen molar-refractivity contribution >= 4 is 23.3 Å². The van der Waals surface area contributed by atoms with Crippen LogP contribution in [0, 0.1) is 0 Å². The second-order valence-corrected chi connectivity index (χ2v) is 7.65. The highest BCUT2D eigenvalue weighted by molar-refractivity contribution is 7.10. The van der Waals surface area contributed by atoms with Gasteiger partial charge in [0.25, 0.3) is 0 Å². The van der Waals surface area contributed by atoms with Gasteiger partial charge in [0, 0.05) is 30.1 Å². The Hall–Kier alpha value is -1.60. The van der Waals surface area contributed by atoms with Gasteiger partial charge in [-0.3, -0.25) is 9.69 Å². The van der Waals surface area contributed by atoms with Gasteiger partial charge in [-0.25, -0.2) is 4.79 Å². The highest BCUT2D eigenvalue weighted by Gasteiger charge is 2.29. The van der Waals surface area contributed by atoms with E-state index in [1.54, 1.807) is 16.2 Å². The summed E-state index contributed by atoms with van der Waals surface area (Å²) in [6, 6.07) is 4.78. The highest BCUT2D eigenvalue weighted by atomic mass is 32.1. The van der Waals surface area contributed by atoms with Crippen LogP contribution in [0.3, 0.4) is 0 Å². The third kappa shape index (κ3) is 4.73. The van der Waals surface area contributed by atoms with Crippen molar-refractivity contribution in [2.45, 2.75) is 44.7 Å². The Morgan fingerprint density at radius 3 is 2.76 bits per heavy atom. The molecule has 3 heterocycles. The fourth-order valence-electron chi connectivity index (χ4n) is 3.70. The van der Waals surface area contributed by atoms with E-state index in [0.29, 0.717) is 32.3 Å². The predicted octanol–water partition coefficient (Wildman–Crippen LogP) is 2.62. The van der Waals surface area contributed by atoms with E-state index in [9.17, 15) is 9.59 Å². The zero-order valence-electron chi connectivity index (χ0n) is 14.8. The average Bonchev–Trinajstić information content (AvgIpc) is 3.26. The molecular weight excluding hydrogens is 338 g/mol. The van der Waals surface area contributed by atoms with Crippen LogP contribution in [0.2, 0.25) is 0 Å². The Kier molecular flexibility index (Phi) is 6.31. The Bertz CT molecular complexity index is 570. The van der Waals surface area contributed by atoms with Crippen molar-refractivity contribution in [1.29, 1.82) is 0 Å². The van der Waals surface area contributed by atoms with Crippen molar-refractivity contribution in [3.8, 4) is 0 Å². The van der Waals surface area contributed by atoms with E-state index in [-0.39, 0.29) is 18.0 Å². The Morgan fingerprint density at radius 2 is 2.08 bits per heavy atom. The van der Waals surface area contributed by atoms with Crippen LogP contribution in [0.15, 0.2) is 17.5 Å². The molecule has 0 radical (unpaired) electrons. The summed E-state index contributed by atoms with van der Waals surface area (Å²) in [5.41, 5.74) is 0. The second-order valence-electron chi connectivity index (χ2n) is 6.67. The number of piperidine rings is 1. The summed E-state index contributed by atoms with van der Waals surface area (Å²) in [5.74, 6) is 0.0954. The molecule has 2 aliphatic heterocycles. The number of amides is 2. The lowest BCUT2D eigenvalue weighted by Crippen LogP contribution is -2.48. The van der Waals surface area contributed by atoms with Crippen LogP contribution in [0.5, 0.6) is 0 Å². The summed E-state index contributed by atoms with van der Waals surface area (Å²) in [6.07, 6.45) is 3.61. The number of rotatable bonds is 5. The van der Waals surface area contributed by atoms with E-state index in [1.807, 2.05) is 6.92 Å². The zero-order chi connectivity index (χ0) is 17.6. The summed E-state index contributed by atoms with van der Waals surface area (Å²) in [7, 11) is 0.